The summed E-state index contributed by atoms with van der Waals surface area (Å²) in [5.74, 6) is 0.0806. The van der Waals surface area contributed by atoms with Crippen LogP contribution in [0.5, 0.6) is 0 Å². The van der Waals surface area contributed by atoms with Crippen molar-refractivity contribution < 1.29 is 13.2 Å². The molecule has 2 aromatic carbocycles. The number of carbonyl (C=O) groups is 1. The zero-order valence-corrected chi connectivity index (χ0v) is 15.9. The maximum Gasteiger partial charge on any atom is 0.261 e. The number of anilines is 2. The van der Waals surface area contributed by atoms with Crippen LogP contribution >= 0.6 is 11.6 Å². The van der Waals surface area contributed by atoms with Crippen LogP contribution in [0.2, 0.25) is 5.02 Å². The first-order valence-corrected chi connectivity index (χ1v) is 9.72. The molecule has 2 rings (SSSR count). The van der Waals surface area contributed by atoms with E-state index in [0.29, 0.717) is 22.8 Å². The van der Waals surface area contributed by atoms with E-state index in [4.69, 9.17) is 11.6 Å². The highest BCUT2D eigenvalue weighted by Gasteiger charge is 2.17. The van der Waals surface area contributed by atoms with Gasteiger partial charge >= 0.3 is 0 Å². The van der Waals surface area contributed by atoms with E-state index in [1.165, 1.54) is 12.1 Å². The lowest BCUT2D eigenvalue weighted by Crippen LogP contribution is -2.16. The summed E-state index contributed by atoms with van der Waals surface area (Å²) < 4.78 is 27.6. The molecule has 2 N–H and O–H groups in total. The number of carbonyl (C=O) groups excluding carboxylic acids is 1. The van der Waals surface area contributed by atoms with E-state index in [0.717, 1.165) is 5.56 Å². The minimum absolute atomic E-state index is 0.0768. The second-order valence-corrected chi connectivity index (χ2v) is 8.35. The monoisotopic (exact) mass is 380 g/mol. The Morgan fingerprint density at radius 1 is 1.12 bits per heavy atom. The Kier molecular flexibility index (Phi) is 6.08. The molecule has 0 atom stereocenters. The molecule has 0 radical (unpaired) electrons. The Morgan fingerprint density at radius 2 is 1.76 bits per heavy atom. The number of aryl methyl sites for hydroxylation is 1. The number of sulfonamides is 1. The number of rotatable bonds is 6. The molecule has 0 heterocycles. The molecule has 134 valence electrons. The second-order valence-electron chi connectivity index (χ2n) is 6.24. The van der Waals surface area contributed by atoms with Crippen LogP contribution < -0.4 is 10.0 Å². The van der Waals surface area contributed by atoms with Crippen LogP contribution in [0.1, 0.15) is 25.8 Å². The number of halogens is 1. The van der Waals surface area contributed by atoms with Gasteiger partial charge in [-0.2, -0.15) is 0 Å². The Labute approximate surface area is 153 Å². The molecule has 0 spiro atoms. The van der Waals surface area contributed by atoms with Gasteiger partial charge in [-0.1, -0.05) is 31.5 Å². The van der Waals surface area contributed by atoms with Crippen LogP contribution in [0.4, 0.5) is 11.4 Å². The van der Waals surface area contributed by atoms with Gasteiger partial charge in [-0.05, 0) is 54.8 Å². The first kappa shape index (κ1) is 19.3. The van der Waals surface area contributed by atoms with E-state index >= 15 is 0 Å². The summed E-state index contributed by atoms with van der Waals surface area (Å²) >= 11 is 5.81. The molecule has 0 fully saturated rings. The molecule has 0 aliphatic heterocycles. The van der Waals surface area contributed by atoms with Crippen LogP contribution in [0.25, 0.3) is 0 Å². The SMILES string of the molecule is Cc1ccc(S(=O)(=O)Nc2ccc(Cl)cc2)cc1NC(=O)CC(C)C. The molecule has 0 aromatic heterocycles. The summed E-state index contributed by atoms with van der Waals surface area (Å²) in [5, 5.41) is 3.30. The Hall–Kier alpha value is -2.05. The van der Waals surface area contributed by atoms with Gasteiger partial charge in [0.2, 0.25) is 5.91 Å². The summed E-state index contributed by atoms with van der Waals surface area (Å²) in [6, 6.07) is 11.0. The minimum Gasteiger partial charge on any atom is -0.326 e. The van der Waals surface area contributed by atoms with Crippen molar-refractivity contribution in [3.63, 3.8) is 0 Å². The average molecular weight is 381 g/mol. The highest BCUT2D eigenvalue weighted by Crippen LogP contribution is 2.23. The molecule has 0 aliphatic carbocycles. The van der Waals surface area contributed by atoms with Crippen LogP contribution in [0.15, 0.2) is 47.4 Å². The molecule has 25 heavy (non-hydrogen) atoms. The summed E-state index contributed by atoms with van der Waals surface area (Å²) in [4.78, 5) is 12.0. The molecular weight excluding hydrogens is 360 g/mol. The number of hydrogen-bond donors (Lipinski definition) is 2. The maximum atomic E-state index is 12.6. The highest BCUT2D eigenvalue weighted by molar-refractivity contribution is 7.92. The van der Waals surface area contributed by atoms with E-state index in [9.17, 15) is 13.2 Å². The van der Waals surface area contributed by atoms with Gasteiger partial charge < -0.3 is 5.32 Å². The van der Waals surface area contributed by atoms with Crippen molar-refractivity contribution in [2.75, 3.05) is 10.0 Å². The fourth-order valence-corrected chi connectivity index (χ4v) is 3.42. The zero-order chi connectivity index (χ0) is 18.6. The van der Waals surface area contributed by atoms with E-state index in [1.54, 1.807) is 30.3 Å². The molecule has 7 heteroatoms. The second kappa shape index (κ2) is 7.89. The number of amides is 1. The topological polar surface area (TPSA) is 75.3 Å². The number of nitrogens with one attached hydrogen (secondary N) is 2. The third-order valence-corrected chi connectivity index (χ3v) is 5.11. The molecule has 5 nitrogen and oxygen atoms in total. The molecule has 0 saturated carbocycles. The normalized spacial score (nSPS) is 11.4. The van der Waals surface area contributed by atoms with Crippen molar-refractivity contribution in [2.24, 2.45) is 5.92 Å². The fourth-order valence-electron chi connectivity index (χ4n) is 2.21. The lowest BCUT2D eigenvalue weighted by molar-refractivity contribution is -0.116. The van der Waals surface area contributed by atoms with Crippen molar-refractivity contribution in [3.05, 3.63) is 53.1 Å². The quantitative estimate of drug-likeness (QED) is 0.778. The predicted octanol–water partition coefficient (Wildman–Crippen LogP) is 4.43. The van der Waals surface area contributed by atoms with Gasteiger partial charge in [-0.15, -0.1) is 0 Å². The van der Waals surface area contributed by atoms with Gasteiger partial charge in [0, 0.05) is 22.8 Å². The molecule has 2 aromatic rings. The molecule has 1 amide bonds. The third-order valence-electron chi connectivity index (χ3n) is 3.48. The number of hydrogen-bond acceptors (Lipinski definition) is 3. The summed E-state index contributed by atoms with van der Waals surface area (Å²) in [6.07, 6.45) is 0.374. The fraction of sp³-hybridized carbons (Fsp3) is 0.278. The first-order valence-electron chi connectivity index (χ1n) is 7.86. The average Bonchev–Trinajstić information content (AvgIpc) is 2.50. The number of benzene rings is 2. The lowest BCUT2D eigenvalue weighted by Gasteiger charge is -2.13. The van der Waals surface area contributed by atoms with E-state index in [2.05, 4.69) is 10.0 Å². The Balaban J connectivity index is 2.24. The minimum atomic E-state index is -3.77. The van der Waals surface area contributed by atoms with Crippen molar-refractivity contribution in [2.45, 2.75) is 32.1 Å². The molecule has 0 unspecified atom stereocenters. The zero-order valence-electron chi connectivity index (χ0n) is 14.3. The van der Waals surface area contributed by atoms with Crippen LogP contribution in [0.3, 0.4) is 0 Å². The first-order chi connectivity index (χ1) is 11.7. The van der Waals surface area contributed by atoms with Gasteiger partial charge in [0.05, 0.1) is 4.90 Å². The van der Waals surface area contributed by atoms with Gasteiger partial charge in [0.15, 0.2) is 0 Å². The molecule has 0 saturated heterocycles. The Morgan fingerprint density at radius 3 is 2.36 bits per heavy atom. The predicted molar refractivity (Wildman–Crippen MR) is 102 cm³/mol. The van der Waals surface area contributed by atoms with Gasteiger partial charge in [-0.25, -0.2) is 8.42 Å². The highest BCUT2D eigenvalue weighted by atomic mass is 35.5. The van der Waals surface area contributed by atoms with Crippen molar-refractivity contribution >= 4 is 38.9 Å². The van der Waals surface area contributed by atoms with E-state index in [1.807, 2.05) is 20.8 Å². The Bertz CT molecular complexity index is 862. The van der Waals surface area contributed by atoms with Crippen molar-refractivity contribution in [1.82, 2.24) is 0 Å². The van der Waals surface area contributed by atoms with Crippen molar-refractivity contribution in [3.8, 4) is 0 Å². The molecule has 0 aliphatic rings. The summed E-state index contributed by atoms with van der Waals surface area (Å²) in [5.41, 5.74) is 1.70. The van der Waals surface area contributed by atoms with Gasteiger partial charge in [-0.3, -0.25) is 9.52 Å². The lowest BCUT2D eigenvalue weighted by atomic mass is 10.1. The smallest absolute Gasteiger partial charge is 0.261 e. The van der Waals surface area contributed by atoms with E-state index < -0.39 is 10.0 Å². The summed E-state index contributed by atoms with van der Waals surface area (Å²) in [7, 11) is -3.77. The van der Waals surface area contributed by atoms with Crippen LogP contribution in [0, 0.1) is 12.8 Å². The summed E-state index contributed by atoms with van der Waals surface area (Å²) in [6.45, 7) is 5.71. The van der Waals surface area contributed by atoms with Crippen LogP contribution in [-0.2, 0) is 14.8 Å². The molecule has 0 bridgehead atoms. The van der Waals surface area contributed by atoms with Crippen LogP contribution in [-0.4, -0.2) is 14.3 Å². The van der Waals surface area contributed by atoms with Gasteiger partial charge in [0.1, 0.15) is 0 Å². The maximum absolute atomic E-state index is 12.6. The third kappa shape index (κ3) is 5.47. The van der Waals surface area contributed by atoms with Crippen molar-refractivity contribution in [1.29, 1.82) is 0 Å². The molecular formula is C18H21ClN2O3S. The van der Waals surface area contributed by atoms with E-state index in [-0.39, 0.29) is 16.7 Å². The van der Waals surface area contributed by atoms with Gasteiger partial charge in [0.25, 0.3) is 10.0 Å². The largest absolute Gasteiger partial charge is 0.326 e. The standard InChI is InChI=1S/C18H21ClN2O3S/c1-12(2)10-18(22)20-17-11-16(9-4-13(17)3)25(23,24)21-15-7-5-14(19)6-8-15/h4-9,11-12,21H,10H2,1-3H3,(H,20,22).